The van der Waals surface area contributed by atoms with Crippen molar-refractivity contribution in [2.75, 3.05) is 6.61 Å². The second kappa shape index (κ2) is 15.0. The maximum Gasteiger partial charge on any atom is 0.419 e. The van der Waals surface area contributed by atoms with Crippen LogP contribution in [0.5, 0.6) is 0 Å². The summed E-state index contributed by atoms with van der Waals surface area (Å²) >= 11 is 0. The minimum Gasteiger partial charge on any atom is -0.515 e. The lowest BCUT2D eigenvalue weighted by atomic mass is 9.94. The van der Waals surface area contributed by atoms with Crippen LogP contribution in [0.25, 0.3) is 0 Å². The van der Waals surface area contributed by atoms with Crippen LogP contribution >= 0.6 is 0 Å². The van der Waals surface area contributed by atoms with Gasteiger partial charge in [-0.15, -0.1) is 0 Å². The maximum atomic E-state index is 11.5. The fourth-order valence-electron chi connectivity index (χ4n) is 6.25. The number of aliphatic hydroxyl groups is 4. The summed E-state index contributed by atoms with van der Waals surface area (Å²) < 4.78 is 19.1. The fraction of sp³-hybridized carbons (Fsp3) is 0.533. The number of nitrogens with two attached hydrogens (primary N) is 1. The second-order valence-electron chi connectivity index (χ2n) is 11.9. The van der Waals surface area contributed by atoms with Crippen LogP contribution in [-0.4, -0.2) is 93.3 Å². The number of ether oxygens (including phenoxy) is 2. The molecule has 2 aliphatic carbocycles. The van der Waals surface area contributed by atoms with E-state index in [1.165, 1.54) is 21.8 Å². The van der Waals surface area contributed by atoms with Gasteiger partial charge in [0.15, 0.2) is 5.79 Å². The lowest BCUT2D eigenvalue weighted by Crippen LogP contribution is -2.31. The molecule has 1 saturated heterocycles. The zero-order chi connectivity index (χ0) is 34.5. The van der Waals surface area contributed by atoms with E-state index < -0.39 is 47.1 Å². The number of aliphatic hydroxyl groups excluding tert-OH is 4. The molecular weight excluding hydrogens is 620 g/mol. The highest BCUT2D eigenvalue weighted by Crippen LogP contribution is 2.48. The quantitative estimate of drug-likeness (QED) is 0.158. The number of aromatic amines is 1. The second-order valence-corrected chi connectivity index (χ2v) is 11.9. The highest BCUT2D eigenvalue weighted by Gasteiger charge is 2.54. The van der Waals surface area contributed by atoms with E-state index in [1.54, 1.807) is 24.8 Å². The molecule has 256 valence electrons. The van der Waals surface area contributed by atoms with Crippen molar-refractivity contribution >= 4 is 11.9 Å². The van der Waals surface area contributed by atoms with Gasteiger partial charge < -0.3 is 40.1 Å². The molecule has 0 aromatic carbocycles. The Labute approximate surface area is 268 Å². The molecule has 7 N–H and O–H groups in total. The molecule has 17 nitrogen and oxygen atoms in total. The van der Waals surface area contributed by atoms with Gasteiger partial charge >= 0.3 is 11.8 Å². The largest absolute Gasteiger partial charge is 0.515 e. The monoisotopic (exact) mass is 660 g/mol. The van der Waals surface area contributed by atoms with Crippen LogP contribution in [0, 0.1) is 17.8 Å². The van der Waals surface area contributed by atoms with Crippen LogP contribution in [0.4, 0.5) is 4.79 Å². The van der Waals surface area contributed by atoms with Crippen molar-refractivity contribution in [1.82, 2.24) is 24.1 Å². The summed E-state index contributed by atoms with van der Waals surface area (Å²) in [7, 11) is 0. The average molecular weight is 661 g/mol. The van der Waals surface area contributed by atoms with Crippen LogP contribution in [0.15, 0.2) is 69.5 Å². The van der Waals surface area contributed by atoms with E-state index in [4.69, 9.17) is 20.3 Å². The van der Waals surface area contributed by atoms with Gasteiger partial charge in [-0.2, -0.15) is 0 Å². The molecular formula is C30H40N6O11. The van der Waals surface area contributed by atoms with Crippen molar-refractivity contribution in [3.8, 4) is 0 Å². The topological polar surface area (TPSA) is 258 Å². The van der Waals surface area contributed by atoms with E-state index in [-0.39, 0.29) is 48.3 Å². The number of nitrogens with one attached hydrogen (secondary N) is 1. The molecule has 3 aromatic heterocycles. The van der Waals surface area contributed by atoms with E-state index in [9.17, 15) is 34.5 Å². The first kappa shape index (κ1) is 35.4. The minimum atomic E-state index is -1.15. The molecule has 0 bridgehead atoms. The van der Waals surface area contributed by atoms with Gasteiger partial charge in [0.2, 0.25) is 5.91 Å². The number of hydrogen-bond donors (Lipinski definition) is 6. The molecule has 1 unspecified atom stereocenters. The van der Waals surface area contributed by atoms with Crippen LogP contribution in [-0.2, 0) is 14.3 Å². The lowest BCUT2D eigenvalue weighted by Gasteiger charge is -2.23. The molecule has 0 spiro atoms. The molecule has 4 heterocycles. The molecule has 1 amide bonds. The zero-order valence-electron chi connectivity index (χ0n) is 26.1. The van der Waals surface area contributed by atoms with Gasteiger partial charge in [0.25, 0.3) is 5.56 Å². The van der Waals surface area contributed by atoms with Crippen LogP contribution in [0.3, 0.4) is 0 Å². The Morgan fingerprint density at radius 1 is 1.04 bits per heavy atom. The van der Waals surface area contributed by atoms with Crippen molar-refractivity contribution in [3.63, 3.8) is 0 Å². The number of amides is 1. The lowest BCUT2D eigenvalue weighted by molar-refractivity contribution is -0.160. The van der Waals surface area contributed by atoms with Gasteiger partial charge in [-0.3, -0.25) is 23.7 Å². The number of H-pyrrole nitrogens is 1. The summed E-state index contributed by atoms with van der Waals surface area (Å²) in [5.41, 5.74) is 5.00. The van der Waals surface area contributed by atoms with E-state index in [0.717, 1.165) is 25.4 Å². The summed E-state index contributed by atoms with van der Waals surface area (Å²) in [6.45, 7) is 5.54. The number of rotatable bonds is 5. The summed E-state index contributed by atoms with van der Waals surface area (Å²) in [5, 5.41) is 37.6. The number of aromatic nitrogens is 5. The molecule has 47 heavy (non-hydrogen) atoms. The third-order valence-electron chi connectivity index (χ3n) is 8.59. The highest BCUT2D eigenvalue weighted by atomic mass is 16.8. The van der Waals surface area contributed by atoms with Crippen molar-refractivity contribution in [2.45, 2.75) is 76.2 Å². The van der Waals surface area contributed by atoms with Crippen molar-refractivity contribution in [3.05, 3.63) is 82.0 Å². The Bertz CT molecular complexity index is 1600. The van der Waals surface area contributed by atoms with Crippen molar-refractivity contribution < 1.29 is 43.9 Å². The van der Waals surface area contributed by atoms with Crippen molar-refractivity contribution in [1.29, 1.82) is 0 Å². The standard InChI is InChI=1S/C13H21NO4.C10H13NO6.C7H6N4O/c1-4-7-5-8(9(6-15)12(14)16)11-10(7)17-13(2,3)18-11;12-2-4-1-5(8(14)7(4)13)6-3-17-10(16)11-9(6)15;12-7(10-3-1-8-5-10)11-4-2-9-6-11/h6-8,10-11,15H,4-5H2,1-3H3,(H2,14,16);3-5,7-8,12-14H,1-2H2,(H,11,15,16);1-6H/b9-6-;;/t7-,8?,10+,11-;4-,5+,7-,8+;/m01./s1. The van der Waals surface area contributed by atoms with Gasteiger partial charge in [-0.25, -0.2) is 19.6 Å². The molecule has 8 atom stereocenters. The first-order chi connectivity index (χ1) is 22.3. The van der Waals surface area contributed by atoms with Gasteiger partial charge in [0, 0.05) is 49.1 Å². The summed E-state index contributed by atoms with van der Waals surface area (Å²) in [6, 6.07) is -0.190. The SMILES string of the molecule is CC[C@H]1CC(/C(=C/O)C(N)=O)[C@@H]2OC(C)(C)O[C@H]12.O=C(n1ccnc1)n1ccnc1.O=c1[nH]c(=O)c([C@@H]2C[C@H](CO)[C@@H](O)[C@H]2O)co1. The van der Waals surface area contributed by atoms with Gasteiger partial charge in [-0.1, -0.05) is 13.3 Å². The first-order valence-electron chi connectivity index (χ1n) is 15.0. The number of fused-ring (bicyclic) bond motifs is 1. The number of hydrogen-bond acceptors (Lipinski definition) is 13. The van der Waals surface area contributed by atoms with Crippen molar-refractivity contribution in [2.24, 2.45) is 23.5 Å². The van der Waals surface area contributed by atoms with E-state index in [0.29, 0.717) is 5.92 Å². The maximum absolute atomic E-state index is 11.5. The Morgan fingerprint density at radius 3 is 2.13 bits per heavy atom. The molecule has 2 saturated carbocycles. The molecule has 3 aromatic rings. The Balaban J connectivity index is 0.000000163. The van der Waals surface area contributed by atoms with Gasteiger partial charge in [0.05, 0.1) is 41.8 Å². The normalized spacial score (nSPS) is 29.3. The number of carbonyl (C=O) groups excluding carboxylic acids is 2. The number of imidazole rings is 2. The molecule has 17 heteroatoms. The van der Waals surface area contributed by atoms with Gasteiger partial charge in [-0.05, 0) is 32.6 Å². The average Bonchev–Trinajstić information content (AvgIpc) is 3.86. The molecule has 1 aliphatic heterocycles. The predicted octanol–water partition coefficient (Wildman–Crippen LogP) is 0.222. The van der Waals surface area contributed by atoms with E-state index in [1.807, 2.05) is 18.8 Å². The summed E-state index contributed by atoms with van der Waals surface area (Å²) in [4.78, 5) is 54.5. The zero-order valence-corrected chi connectivity index (χ0v) is 26.1. The molecule has 6 rings (SSSR count). The molecule has 3 fully saturated rings. The predicted molar refractivity (Wildman–Crippen MR) is 162 cm³/mol. The highest BCUT2D eigenvalue weighted by molar-refractivity contribution is 5.92. The van der Waals surface area contributed by atoms with Gasteiger partial charge in [0.1, 0.15) is 18.9 Å². The first-order valence-corrected chi connectivity index (χ1v) is 15.0. The van der Waals surface area contributed by atoms with Crippen LogP contribution in [0.1, 0.15) is 51.5 Å². The number of carbonyl (C=O) groups is 2. The molecule has 3 aliphatic rings. The smallest absolute Gasteiger partial charge is 0.419 e. The minimum absolute atomic E-state index is 0.0238. The Kier molecular flexibility index (Phi) is 11.3. The van der Waals surface area contributed by atoms with Crippen LogP contribution < -0.4 is 17.0 Å². The number of primary amides is 1. The third kappa shape index (κ3) is 7.94. The molecule has 0 radical (unpaired) electrons. The van der Waals surface area contributed by atoms with E-state index >= 15 is 0 Å². The number of nitrogens with zero attached hydrogens (tertiary/aromatic N) is 4. The summed E-state index contributed by atoms with van der Waals surface area (Å²) in [6.07, 6.45) is 10.5. The van der Waals surface area contributed by atoms with Crippen LogP contribution in [0.2, 0.25) is 0 Å². The Morgan fingerprint density at radius 2 is 1.66 bits per heavy atom. The third-order valence-corrected chi connectivity index (χ3v) is 8.59. The summed E-state index contributed by atoms with van der Waals surface area (Å²) in [5.74, 6) is -3.08. The van der Waals surface area contributed by atoms with E-state index in [2.05, 4.69) is 21.3 Å². The fourth-order valence-corrected chi connectivity index (χ4v) is 6.25. The Hall–Kier alpha value is -4.42.